The fourth-order valence-corrected chi connectivity index (χ4v) is 1.59. The van der Waals surface area contributed by atoms with Crippen molar-refractivity contribution in [3.8, 4) is 0 Å². The van der Waals surface area contributed by atoms with Crippen LogP contribution in [0, 0.1) is 5.92 Å². The molecule has 0 saturated carbocycles. The number of aromatic carboxylic acids is 1. The zero-order valence-corrected chi connectivity index (χ0v) is 11.8. The molecule has 0 radical (unpaired) electrons. The lowest BCUT2D eigenvalue weighted by atomic mass is 10.2. The minimum Gasteiger partial charge on any atom is -0.476 e. The van der Waals surface area contributed by atoms with Crippen LogP contribution in [-0.2, 0) is 4.74 Å². The third-order valence-electron chi connectivity index (χ3n) is 2.62. The molecule has 0 amide bonds. The van der Waals surface area contributed by atoms with Gasteiger partial charge < -0.3 is 15.2 Å². The minimum absolute atomic E-state index is 0.0170. The summed E-state index contributed by atoms with van der Waals surface area (Å²) in [7, 11) is 1.64. The predicted octanol–water partition coefficient (Wildman–Crippen LogP) is 1.99. The van der Waals surface area contributed by atoms with Gasteiger partial charge in [-0.1, -0.05) is 20.8 Å². The normalized spacial score (nSPS) is 12.5. The van der Waals surface area contributed by atoms with Gasteiger partial charge in [-0.3, -0.25) is 0 Å². The summed E-state index contributed by atoms with van der Waals surface area (Å²) in [4.78, 5) is 19.5. The first-order valence-corrected chi connectivity index (χ1v) is 6.28. The number of anilines is 1. The van der Waals surface area contributed by atoms with Crippen molar-refractivity contribution < 1.29 is 14.6 Å². The second kappa shape index (κ2) is 7.04. The number of carboxylic acids is 1. The van der Waals surface area contributed by atoms with Crippen LogP contribution < -0.4 is 5.32 Å². The Morgan fingerprint density at radius 1 is 1.47 bits per heavy atom. The molecule has 2 N–H and O–H groups in total. The Bertz CT molecular complexity index is 435. The SMILES string of the molecule is COCC(C)CNc1cnc(C(C)C)nc1C(=O)O. The molecule has 1 unspecified atom stereocenters. The fourth-order valence-electron chi connectivity index (χ4n) is 1.59. The number of hydrogen-bond acceptors (Lipinski definition) is 5. The first-order valence-electron chi connectivity index (χ1n) is 6.28. The maximum atomic E-state index is 11.2. The molecule has 1 aromatic rings. The van der Waals surface area contributed by atoms with Crippen molar-refractivity contribution in [1.29, 1.82) is 0 Å². The minimum atomic E-state index is -1.05. The molecule has 1 aromatic heterocycles. The number of aromatic nitrogens is 2. The first-order chi connectivity index (χ1) is 8.95. The van der Waals surface area contributed by atoms with E-state index in [4.69, 9.17) is 4.74 Å². The lowest BCUT2D eigenvalue weighted by molar-refractivity contribution is 0.0691. The van der Waals surface area contributed by atoms with Gasteiger partial charge in [-0.2, -0.15) is 0 Å². The van der Waals surface area contributed by atoms with E-state index >= 15 is 0 Å². The molecule has 0 aromatic carbocycles. The zero-order valence-electron chi connectivity index (χ0n) is 11.8. The highest BCUT2D eigenvalue weighted by atomic mass is 16.5. The van der Waals surface area contributed by atoms with Crippen LogP contribution in [-0.4, -0.2) is 41.3 Å². The number of nitrogens with zero attached hydrogens (tertiary/aromatic N) is 2. The lowest BCUT2D eigenvalue weighted by Gasteiger charge is -2.14. The number of nitrogens with one attached hydrogen (secondary N) is 1. The van der Waals surface area contributed by atoms with Gasteiger partial charge in [0, 0.05) is 19.6 Å². The van der Waals surface area contributed by atoms with Crippen LogP contribution in [0.1, 0.15) is 43.0 Å². The average molecular weight is 267 g/mol. The zero-order chi connectivity index (χ0) is 14.4. The maximum Gasteiger partial charge on any atom is 0.356 e. The molecule has 0 aliphatic heterocycles. The number of carbonyl (C=O) groups is 1. The molecule has 6 heteroatoms. The molecule has 19 heavy (non-hydrogen) atoms. The highest BCUT2D eigenvalue weighted by Gasteiger charge is 2.16. The second-order valence-corrected chi connectivity index (χ2v) is 4.89. The van der Waals surface area contributed by atoms with Crippen molar-refractivity contribution >= 4 is 11.7 Å². The van der Waals surface area contributed by atoms with Crippen molar-refractivity contribution in [2.45, 2.75) is 26.7 Å². The molecule has 1 rings (SSSR count). The molecule has 1 atom stereocenters. The van der Waals surface area contributed by atoms with Gasteiger partial charge in [0.1, 0.15) is 5.82 Å². The Labute approximate surface area is 113 Å². The van der Waals surface area contributed by atoms with Crippen LogP contribution >= 0.6 is 0 Å². The van der Waals surface area contributed by atoms with Crippen molar-refractivity contribution in [2.75, 3.05) is 25.6 Å². The smallest absolute Gasteiger partial charge is 0.356 e. The van der Waals surface area contributed by atoms with Gasteiger partial charge in [0.15, 0.2) is 5.69 Å². The number of methoxy groups -OCH3 is 1. The number of hydrogen-bond donors (Lipinski definition) is 2. The molecule has 1 heterocycles. The van der Waals surface area contributed by atoms with Crippen LogP contribution in [0.25, 0.3) is 0 Å². The number of ether oxygens (including phenoxy) is 1. The van der Waals surface area contributed by atoms with E-state index in [1.807, 2.05) is 20.8 Å². The molecule has 0 bridgehead atoms. The summed E-state index contributed by atoms with van der Waals surface area (Å²) in [6.45, 7) is 7.09. The summed E-state index contributed by atoms with van der Waals surface area (Å²) >= 11 is 0. The lowest BCUT2D eigenvalue weighted by Crippen LogP contribution is -2.19. The monoisotopic (exact) mass is 267 g/mol. The van der Waals surface area contributed by atoms with Gasteiger partial charge in [-0.25, -0.2) is 14.8 Å². The van der Waals surface area contributed by atoms with Gasteiger partial charge in [0.05, 0.1) is 18.5 Å². The van der Waals surface area contributed by atoms with Gasteiger partial charge in [-0.15, -0.1) is 0 Å². The van der Waals surface area contributed by atoms with E-state index in [-0.39, 0.29) is 17.5 Å². The summed E-state index contributed by atoms with van der Waals surface area (Å²) in [5, 5.41) is 12.2. The highest BCUT2D eigenvalue weighted by molar-refractivity contribution is 5.91. The van der Waals surface area contributed by atoms with E-state index in [1.54, 1.807) is 7.11 Å². The summed E-state index contributed by atoms with van der Waals surface area (Å²) in [5.41, 5.74) is 0.461. The van der Waals surface area contributed by atoms with Crippen LogP contribution in [0.15, 0.2) is 6.20 Å². The second-order valence-electron chi connectivity index (χ2n) is 4.89. The van der Waals surface area contributed by atoms with Crippen LogP contribution in [0.3, 0.4) is 0 Å². The third kappa shape index (κ3) is 4.48. The molecule has 0 fully saturated rings. The molecule has 0 aliphatic carbocycles. The third-order valence-corrected chi connectivity index (χ3v) is 2.62. The van der Waals surface area contributed by atoms with Crippen molar-refractivity contribution in [1.82, 2.24) is 9.97 Å². The van der Waals surface area contributed by atoms with Crippen LogP contribution in [0.5, 0.6) is 0 Å². The predicted molar refractivity (Wildman–Crippen MR) is 72.6 cm³/mol. The van der Waals surface area contributed by atoms with Crippen LogP contribution in [0.4, 0.5) is 5.69 Å². The van der Waals surface area contributed by atoms with E-state index in [1.165, 1.54) is 6.20 Å². The van der Waals surface area contributed by atoms with E-state index in [0.29, 0.717) is 24.7 Å². The highest BCUT2D eigenvalue weighted by Crippen LogP contribution is 2.16. The summed E-state index contributed by atoms with van der Waals surface area (Å²) < 4.78 is 5.03. The van der Waals surface area contributed by atoms with Gasteiger partial charge in [0.25, 0.3) is 0 Å². The molecule has 6 nitrogen and oxygen atoms in total. The Morgan fingerprint density at radius 3 is 2.68 bits per heavy atom. The largest absolute Gasteiger partial charge is 0.476 e. The van der Waals surface area contributed by atoms with Crippen LogP contribution in [0.2, 0.25) is 0 Å². The van der Waals surface area contributed by atoms with Gasteiger partial charge >= 0.3 is 5.97 Å². The molecule has 0 saturated heterocycles. The van der Waals surface area contributed by atoms with E-state index in [9.17, 15) is 9.90 Å². The Kier molecular flexibility index (Phi) is 5.69. The van der Waals surface area contributed by atoms with Crippen molar-refractivity contribution in [3.63, 3.8) is 0 Å². The number of carboxylic acid groups (broad SMARTS) is 1. The first kappa shape index (κ1) is 15.4. The molecule has 106 valence electrons. The van der Waals surface area contributed by atoms with Crippen molar-refractivity contribution in [2.24, 2.45) is 5.92 Å². The standard InChI is InChI=1S/C13H21N3O3/c1-8(2)12-15-6-10(11(16-12)13(17)18)14-5-9(3)7-19-4/h6,8-9,14H,5,7H2,1-4H3,(H,17,18). The fraction of sp³-hybridized carbons (Fsp3) is 0.615. The summed E-state index contributed by atoms with van der Waals surface area (Å²) in [6, 6.07) is 0. The summed E-state index contributed by atoms with van der Waals surface area (Å²) in [6.07, 6.45) is 1.53. The molecular formula is C13H21N3O3. The van der Waals surface area contributed by atoms with Gasteiger partial charge in [0.2, 0.25) is 0 Å². The van der Waals surface area contributed by atoms with E-state index in [0.717, 1.165) is 0 Å². The van der Waals surface area contributed by atoms with E-state index < -0.39 is 5.97 Å². The Morgan fingerprint density at radius 2 is 2.16 bits per heavy atom. The van der Waals surface area contributed by atoms with E-state index in [2.05, 4.69) is 15.3 Å². The molecule has 0 aliphatic rings. The summed E-state index contributed by atoms with van der Waals surface area (Å²) in [5.74, 6) is -0.143. The van der Waals surface area contributed by atoms with Gasteiger partial charge in [-0.05, 0) is 5.92 Å². The quantitative estimate of drug-likeness (QED) is 0.786. The maximum absolute atomic E-state index is 11.2. The molecular weight excluding hydrogens is 246 g/mol. The Balaban J connectivity index is 2.85. The van der Waals surface area contributed by atoms with Crippen molar-refractivity contribution in [3.05, 3.63) is 17.7 Å². The topological polar surface area (TPSA) is 84.3 Å². The number of rotatable bonds is 7. The molecule has 0 spiro atoms. The Hall–Kier alpha value is -1.69. The average Bonchev–Trinajstić information content (AvgIpc) is 2.36.